The molecule has 0 aromatic heterocycles. The predicted molar refractivity (Wildman–Crippen MR) is 143 cm³/mol. The number of rotatable bonds is 11. The molecule has 0 saturated heterocycles. The van der Waals surface area contributed by atoms with Crippen molar-refractivity contribution in [3.8, 4) is 0 Å². The van der Waals surface area contributed by atoms with Crippen LogP contribution in [0.3, 0.4) is 0 Å². The van der Waals surface area contributed by atoms with Gasteiger partial charge in [-0.25, -0.2) is 26.4 Å². The molecule has 0 atom stereocenters. The number of hydrogen-bond donors (Lipinski definition) is 0. The average Bonchev–Trinajstić information content (AvgIpc) is 3.11. The monoisotopic (exact) mass is 569 g/mol. The van der Waals surface area contributed by atoms with Crippen LogP contribution in [0.5, 0.6) is 0 Å². The third-order valence-electron chi connectivity index (χ3n) is 6.04. The van der Waals surface area contributed by atoms with Crippen molar-refractivity contribution in [3.05, 3.63) is 53.4 Å². The summed E-state index contributed by atoms with van der Waals surface area (Å²) in [6.45, 7) is 8.86. The molecule has 0 unspecified atom stereocenters. The number of nitrogens with zero attached hydrogens (tertiary/aromatic N) is 3. The Labute approximate surface area is 225 Å². The van der Waals surface area contributed by atoms with Crippen molar-refractivity contribution in [3.63, 3.8) is 0 Å². The van der Waals surface area contributed by atoms with Crippen LogP contribution in [0.4, 0.5) is 5.69 Å². The number of carbonyl (C=O) groups is 2. The first-order chi connectivity index (χ1) is 17.9. The summed E-state index contributed by atoms with van der Waals surface area (Å²) in [6, 6.07) is 2.45. The van der Waals surface area contributed by atoms with E-state index in [4.69, 9.17) is 9.47 Å². The molecule has 0 bridgehead atoms. The summed E-state index contributed by atoms with van der Waals surface area (Å²) >= 11 is 0. The zero-order chi connectivity index (χ0) is 28.8. The second kappa shape index (κ2) is 12.7. The van der Waals surface area contributed by atoms with Gasteiger partial charge in [0.25, 0.3) is 0 Å². The molecule has 0 N–H and O–H groups in total. The molecular formula is C25H35N3O8S2. The highest BCUT2D eigenvalue weighted by Gasteiger charge is 2.36. The normalized spacial score (nSPS) is 14.3. The lowest BCUT2D eigenvalue weighted by Gasteiger charge is -2.30. The first-order valence-corrected chi connectivity index (χ1v) is 14.9. The Morgan fingerprint density at radius 1 is 0.816 bits per heavy atom. The van der Waals surface area contributed by atoms with E-state index in [1.54, 1.807) is 27.7 Å². The Morgan fingerprint density at radius 3 is 1.84 bits per heavy atom. The molecule has 0 amide bonds. The zero-order valence-corrected chi connectivity index (χ0v) is 24.3. The van der Waals surface area contributed by atoms with E-state index in [1.807, 2.05) is 0 Å². The number of methoxy groups -OCH3 is 2. The molecule has 1 aliphatic heterocycles. The van der Waals surface area contributed by atoms with Gasteiger partial charge in [0.15, 0.2) is 0 Å². The van der Waals surface area contributed by atoms with Crippen LogP contribution in [0.2, 0.25) is 0 Å². The smallest absolute Gasteiger partial charge is 0.355 e. The van der Waals surface area contributed by atoms with E-state index in [1.165, 1.54) is 50.9 Å². The predicted octanol–water partition coefficient (Wildman–Crippen LogP) is 2.55. The van der Waals surface area contributed by atoms with Crippen LogP contribution in [0.1, 0.15) is 33.3 Å². The fraction of sp³-hybridized carbons (Fsp3) is 0.440. The molecule has 1 aromatic rings. The summed E-state index contributed by atoms with van der Waals surface area (Å²) < 4.78 is 66.9. The Hall–Kier alpha value is -3.00. The van der Waals surface area contributed by atoms with Gasteiger partial charge in [0, 0.05) is 32.4 Å². The SMILES string of the molecule is CCN(CC)S(=O)(=O)c1cc(C)c(N2C=CC=CC(C(=O)OC)=C2C(=O)OC)c(S(=O)(=O)N(CC)CC)c1. The first-order valence-electron chi connectivity index (χ1n) is 12.1. The Bertz CT molecular complexity index is 1370. The maximum atomic E-state index is 13.9. The molecule has 0 spiro atoms. The number of allylic oxidation sites excluding steroid dienone is 2. The van der Waals surface area contributed by atoms with Gasteiger partial charge in [-0.3, -0.25) is 0 Å². The third-order valence-corrected chi connectivity index (χ3v) is 10.1. The minimum Gasteiger partial charge on any atom is -0.465 e. The molecule has 1 heterocycles. The number of hydrogen-bond acceptors (Lipinski definition) is 9. The molecule has 38 heavy (non-hydrogen) atoms. The Morgan fingerprint density at radius 2 is 1.34 bits per heavy atom. The standard InChI is InChI=1S/C25H35N3O8S2/c1-8-26(9-2)37(31,32)19-16-18(5)22(21(17-19)38(33,34)27(10-3)11-4)28-15-13-12-14-20(24(29)35-6)23(28)25(30)36-7/h12-17H,8-11H2,1-7H3. The number of esters is 2. The lowest BCUT2D eigenvalue weighted by atomic mass is 10.1. The lowest BCUT2D eigenvalue weighted by Crippen LogP contribution is -2.35. The van der Waals surface area contributed by atoms with E-state index in [9.17, 15) is 26.4 Å². The highest BCUT2D eigenvalue weighted by molar-refractivity contribution is 7.90. The number of anilines is 1. The highest BCUT2D eigenvalue weighted by atomic mass is 32.2. The van der Waals surface area contributed by atoms with Crippen molar-refractivity contribution in [1.29, 1.82) is 0 Å². The van der Waals surface area contributed by atoms with Gasteiger partial charge in [0.1, 0.15) is 10.6 Å². The second-order valence-corrected chi connectivity index (χ2v) is 11.9. The quantitative estimate of drug-likeness (QED) is 0.369. The van der Waals surface area contributed by atoms with E-state index >= 15 is 0 Å². The molecule has 0 aliphatic carbocycles. The van der Waals surface area contributed by atoms with Crippen LogP contribution in [-0.2, 0) is 39.1 Å². The Kier molecular flexibility index (Phi) is 10.4. The van der Waals surface area contributed by atoms with E-state index in [0.717, 1.165) is 20.3 Å². The largest absolute Gasteiger partial charge is 0.465 e. The minimum atomic E-state index is -4.27. The maximum Gasteiger partial charge on any atom is 0.355 e. The van der Waals surface area contributed by atoms with Crippen molar-refractivity contribution in [2.45, 2.75) is 44.4 Å². The van der Waals surface area contributed by atoms with Crippen LogP contribution < -0.4 is 4.90 Å². The third kappa shape index (κ3) is 5.85. The molecule has 1 aromatic carbocycles. The number of ether oxygens (including phenoxy) is 2. The molecule has 0 radical (unpaired) electrons. The molecule has 13 heteroatoms. The number of carbonyl (C=O) groups excluding carboxylic acids is 2. The fourth-order valence-electron chi connectivity index (χ4n) is 4.12. The number of benzene rings is 1. The van der Waals surface area contributed by atoms with E-state index < -0.39 is 32.0 Å². The van der Waals surface area contributed by atoms with Gasteiger partial charge in [-0.2, -0.15) is 8.61 Å². The summed E-state index contributed by atoms with van der Waals surface area (Å²) in [6.07, 6.45) is 5.75. The number of aryl methyl sites for hydroxylation is 1. The lowest BCUT2D eigenvalue weighted by molar-refractivity contribution is -0.139. The summed E-state index contributed by atoms with van der Waals surface area (Å²) in [5.41, 5.74) is -0.226. The Balaban J connectivity index is 3.09. The van der Waals surface area contributed by atoms with Crippen LogP contribution in [-0.4, -0.2) is 77.8 Å². The zero-order valence-electron chi connectivity index (χ0n) is 22.7. The van der Waals surface area contributed by atoms with Gasteiger partial charge in [-0.05, 0) is 36.8 Å². The summed E-state index contributed by atoms with van der Waals surface area (Å²) in [4.78, 5) is 26.3. The van der Waals surface area contributed by atoms with Crippen LogP contribution >= 0.6 is 0 Å². The van der Waals surface area contributed by atoms with Crippen LogP contribution in [0, 0.1) is 6.92 Å². The molecule has 1 aliphatic rings. The fourth-order valence-corrected chi connectivity index (χ4v) is 7.50. The van der Waals surface area contributed by atoms with E-state index in [2.05, 4.69) is 0 Å². The second-order valence-electron chi connectivity index (χ2n) is 8.08. The van der Waals surface area contributed by atoms with Gasteiger partial charge in [0.2, 0.25) is 20.0 Å². The summed E-state index contributed by atoms with van der Waals surface area (Å²) in [7, 11) is -6.04. The molecule has 0 saturated carbocycles. The first kappa shape index (κ1) is 31.2. The molecule has 2 rings (SSSR count). The molecule has 11 nitrogen and oxygen atoms in total. The minimum absolute atomic E-state index is 0.00264. The van der Waals surface area contributed by atoms with Crippen LogP contribution in [0.15, 0.2) is 57.6 Å². The summed E-state index contributed by atoms with van der Waals surface area (Å²) in [5.74, 6) is -1.77. The maximum absolute atomic E-state index is 13.9. The van der Waals surface area contributed by atoms with Crippen molar-refractivity contribution >= 4 is 37.7 Å². The van der Waals surface area contributed by atoms with Gasteiger partial charge in [-0.1, -0.05) is 33.8 Å². The van der Waals surface area contributed by atoms with Crippen LogP contribution in [0.25, 0.3) is 0 Å². The van der Waals surface area contributed by atoms with Gasteiger partial charge in [0.05, 0.1) is 30.4 Å². The number of sulfonamides is 2. The van der Waals surface area contributed by atoms with Crippen molar-refractivity contribution in [1.82, 2.24) is 8.61 Å². The van der Waals surface area contributed by atoms with Crippen molar-refractivity contribution in [2.24, 2.45) is 0 Å². The van der Waals surface area contributed by atoms with Crippen molar-refractivity contribution < 1.29 is 35.9 Å². The molecular weight excluding hydrogens is 534 g/mol. The van der Waals surface area contributed by atoms with Gasteiger partial charge in [-0.15, -0.1) is 0 Å². The van der Waals surface area contributed by atoms with Gasteiger partial charge < -0.3 is 14.4 Å². The van der Waals surface area contributed by atoms with E-state index in [0.29, 0.717) is 0 Å². The van der Waals surface area contributed by atoms with Gasteiger partial charge >= 0.3 is 11.9 Å². The molecule has 0 fully saturated rings. The summed E-state index contributed by atoms with van der Waals surface area (Å²) in [5, 5.41) is 0. The highest BCUT2D eigenvalue weighted by Crippen LogP contribution is 2.38. The van der Waals surface area contributed by atoms with Crippen molar-refractivity contribution in [2.75, 3.05) is 45.3 Å². The average molecular weight is 570 g/mol. The van der Waals surface area contributed by atoms with E-state index in [-0.39, 0.29) is 58.5 Å². The molecule has 210 valence electrons. The topological polar surface area (TPSA) is 131 Å².